The van der Waals surface area contributed by atoms with E-state index < -0.39 is 0 Å². The number of aromatic hydroxyl groups is 1. The van der Waals surface area contributed by atoms with E-state index >= 15 is 0 Å². The van der Waals surface area contributed by atoms with Crippen molar-refractivity contribution in [3.05, 3.63) is 53.6 Å². The summed E-state index contributed by atoms with van der Waals surface area (Å²) in [5.41, 5.74) is 7.87. The zero-order chi connectivity index (χ0) is 14.0. The first kappa shape index (κ1) is 13.0. The molecule has 0 heterocycles. The molecule has 0 aromatic heterocycles. The highest BCUT2D eigenvalue weighted by molar-refractivity contribution is 6.08. The number of para-hydroxylation sites is 1. The molecule has 98 valence electrons. The van der Waals surface area contributed by atoms with E-state index in [1.165, 1.54) is 4.90 Å². The summed E-state index contributed by atoms with van der Waals surface area (Å²) in [7, 11) is 1.66. The number of benzene rings is 2. The lowest BCUT2D eigenvalue weighted by Gasteiger charge is -2.18. The van der Waals surface area contributed by atoms with E-state index in [4.69, 9.17) is 5.73 Å². The van der Waals surface area contributed by atoms with E-state index in [9.17, 15) is 9.90 Å². The maximum atomic E-state index is 12.3. The predicted molar refractivity (Wildman–Crippen MR) is 76.4 cm³/mol. The third-order valence-corrected chi connectivity index (χ3v) is 3.02. The summed E-state index contributed by atoms with van der Waals surface area (Å²) in [6, 6.07) is 12.3. The van der Waals surface area contributed by atoms with Crippen LogP contribution in [0.2, 0.25) is 0 Å². The van der Waals surface area contributed by atoms with Crippen LogP contribution in [0.3, 0.4) is 0 Å². The van der Waals surface area contributed by atoms with Crippen LogP contribution in [-0.4, -0.2) is 18.1 Å². The number of hydrogen-bond acceptors (Lipinski definition) is 3. The van der Waals surface area contributed by atoms with Crippen LogP contribution in [0, 0.1) is 6.92 Å². The van der Waals surface area contributed by atoms with Gasteiger partial charge in [-0.05, 0) is 31.2 Å². The summed E-state index contributed by atoms with van der Waals surface area (Å²) < 4.78 is 0. The Morgan fingerprint density at radius 3 is 2.42 bits per heavy atom. The minimum atomic E-state index is -0.298. The number of phenols is 1. The topological polar surface area (TPSA) is 66.6 Å². The molecule has 0 bridgehead atoms. The van der Waals surface area contributed by atoms with Gasteiger partial charge in [0.15, 0.2) is 5.75 Å². The van der Waals surface area contributed by atoms with Gasteiger partial charge < -0.3 is 15.7 Å². The van der Waals surface area contributed by atoms with Crippen molar-refractivity contribution in [1.29, 1.82) is 0 Å². The van der Waals surface area contributed by atoms with Gasteiger partial charge >= 0.3 is 0 Å². The lowest BCUT2D eigenvalue weighted by Crippen LogP contribution is -2.26. The zero-order valence-corrected chi connectivity index (χ0v) is 10.9. The largest absolute Gasteiger partial charge is 0.505 e. The van der Waals surface area contributed by atoms with Gasteiger partial charge in [0.2, 0.25) is 0 Å². The second kappa shape index (κ2) is 5.02. The lowest BCUT2D eigenvalue weighted by molar-refractivity contribution is 0.0990. The number of amides is 1. The Balaban J connectivity index is 2.33. The van der Waals surface area contributed by atoms with Crippen LogP contribution in [-0.2, 0) is 0 Å². The van der Waals surface area contributed by atoms with Crippen LogP contribution < -0.4 is 10.6 Å². The number of rotatable bonds is 2. The Hall–Kier alpha value is -2.49. The average Bonchev–Trinajstić information content (AvgIpc) is 2.41. The highest BCUT2D eigenvalue weighted by atomic mass is 16.3. The summed E-state index contributed by atoms with van der Waals surface area (Å²) in [6.07, 6.45) is 0. The van der Waals surface area contributed by atoms with E-state index in [0.717, 1.165) is 11.3 Å². The number of nitrogens with zero attached hydrogens (tertiary/aromatic N) is 1. The van der Waals surface area contributed by atoms with Gasteiger partial charge in [-0.15, -0.1) is 0 Å². The van der Waals surface area contributed by atoms with Gasteiger partial charge in [-0.2, -0.15) is 0 Å². The first-order chi connectivity index (χ1) is 9.00. The van der Waals surface area contributed by atoms with Gasteiger partial charge in [0.1, 0.15) is 0 Å². The fraction of sp³-hybridized carbons (Fsp3) is 0.133. The van der Waals surface area contributed by atoms with E-state index in [1.54, 1.807) is 25.2 Å². The van der Waals surface area contributed by atoms with Crippen LogP contribution >= 0.6 is 0 Å². The van der Waals surface area contributed by atoms with Crippen LogP contribution in [0.5, 0.6) is 5.75 Å². The Bertz CT molecular complexity index is 606. The summed E-state index contributed by atoms with van der Waals surface area (Å²) in [5, 5.41) is 9.84. The summed E-state index contributed by atoms with van der Waals surface area (Å²) in [4.78, 5) is 13.8. The third-order valence-electron chi connectivity index (χ3n) is 3.02. The molecule has 0 spiro atoms. The van der Waals surface area contributed by atoms with Crippen LogP contribution in [0.25, 0.3) is 0 Å². The van der Waals surface area contributed by atoms with Crippen molar-refractivity contribution in [1.82, 2.24) is 0 Å². The molecule has 0 radical (unpaired) electrons. The Morgan fingerprint density at radius 1 is 1.16 bits per heavy atom. The van der Waals surface area contributed by atoms with Crippen molar-refractivity contribution >= 4 is 17.3 Å². The van der Waals surface area contributed by atoms with Crippen molar-refractivity contribution < 1.29 is 9.90 Å². The smallest absolute Gasteiger partial charge is 0.261 e. The van der Waals surface area contributed by atoms with Gasteiger partial charge in [0.05, 0.1) is 11.3 Å². The molecular formula is C15H16N2O2. The number of carbonyl (C=O) groups is 1. The summed E-state index contributed by atoms with van der Waals surface area (Å²) in [6.45, 7) is 1.98. The van der Waals surface area contributed by atoms with Crippen LogP contribution in [0.15, 0.2) is 42.5 Å². The minimum absolute atomic E-state index is 0.175. The SMILES string of the molecule is Cc1ccc(N(C)C(=O)c2cccc(N)c2O)cc1. The van der Waals surface area contributed by atoms with Crippen molar-refractivity contribution in [2.24, 2.45) is 0 Å². The van der Waals surface area contributed by atoms with Crippen molar-refractivity contribution in [3.8, 4) is 5.75 Å². The molecule has 19 heavy (non-hydrogen) atoms. The molecule has 4 heteroatoms. The average molecular weight is 256 g/mol. The monoisotopic (exact) mass is 256 g/mol. The standard InChI is InChI=1S/C15H16N2O2/c1-10-6-8-11(9-7-10)17(2)15(19)12-4-3-5-13(16)14(12)18/h3-9,18H,16H2,1-2H3. The number of nitrogens with two attached hydrogens (primary N) is 1. The zero-order valence-electron chi connectivity index (χ0n) is 10.9. The first-order valence-electron chi connectivity index (χ1n) is 5.93. The number of hydrogen-bond donors (Lipinski definition) is 2. The Kier molecular flexibility index (Phi) is 3.42. The molecule has 2 rings (SSSR count). The molecule has 0 atom stereocenters. The fourth-order valence-electron chi connectivity index (χ4n) is 1.80. The normalized spacial score (nSPS) is 10.2. The first-order valence-corrected chi connectivity index (χ1v) is 5.93. The number of carbonyl (C=O) groups excluding carboxylic acids is 1. The Labute approximate surface area is 112 Å². The minimum Gasteiger partial charge on any atom is -0.505 e. The Morgan fingerprint density at radius 2 is 1.79 bits per heavy atom. The molecule has 3 N–H and O–H groups in total. The molecule has 0 saturated heterocycles. The van der Waals surface area contributed by atoms with Gasteiger partial charge in [-0.25, -0.2) is 0 Å². The van der Waals surface area contributed by atoms with Crippen LogP contribution in [0.1, 0.15) is 15.9 Å². The second-order valence-electron chi connectivity index (χ2n) is 4.44. The van der Waals surface area contributed by atoms with Gasteiger partial charge in [0.25, 0.3) is 5.91 Å². The maximum Gasteiger partial charge on any atom is 0.261 e. The number of phenolic OH excluding ortho intramolecular Hbond substituents is 1. The summed E-state index contributed by atoms with van der Waals surface area (Å²) in [5.74, 6) is -0.472. The highest BCUT2D eigenvalue weighted by Crippen LogP contribution is 2.26. The highest BCUT2D eigenvalue weighted by Gasteiger charge is 2.18. The fourth-order valence-corrected chi connectivity index (χ4v) is 1.80. The van der Waals surface area contributed by atoms with Crippen molar-refractivity contribution in [2.45, 2.75) is 6.92 Å². The van der Waals surface area contributed by atoms with E-state index in [0.29, 0.717) is 0 Å². The number of aryl methyl sites for hydroxylation is 1. The molecule has 2 aromatic carbocycles. The van der Waals surface area contributed by atoms with Crippen molar-refractivity contribution in [3.63, 3.8) is 0 Å². The molecule has 4 nitrogen and oxygen atoms in total. The second-order valence-corrected chi connectivity index (χ2v) is 4.44. The summed E-state index contributed by atoms with van der Waals surface area (Å²) >= 11 is 0. The van der Waals surface area contributed by atoms with Gasteiger partial charge in [-0.1, -0.05) is 23.8 Å². The van der Waals surface area contributed by atoms with Crippen LogP contribution in [0.4, 0.5) is 11.4 Å². The van der Waals surface area contributed by atoms with E-state index in [1.807, 2.05) is 31.2 Å². The molecule has 0 aliphatic rings. The molecule has 0 unspecified atom stereocenters. The molecule has 0 saturated carbocycles. The molecule has 0 fully saturated rings. The number of nitrogen functional groups attached to an aromatic ring is 1. The lowest BCUT2D eigenvalue weighted by atomic mass is 10.1. The van der Waals surface area contributed by atoms with Crippen molar-refractivity contribution in [2.75, 3.05) is 17.7 Å². The van der Waals surface area contributed by atoms with Gasteiger partial charge in [-0.3, -0.25) is 4.79 Å². The van der Waals surface area contributed by atoms with E-state index in [-0.39, 0.29) is 22.9 Å². The maximum absolute atomic E-state index is 12.3. The third kappa shape index (κ3) is 2.52. The molecule has 2 aromatic rings. The predicted octanol–water partition coefficient (Wildman–Crippen LogP) is 2.56. The molecular weight excluding hydrogens is 240 g/mol. The molecule has 0 aliphatic carbocycles. The number of anilines is 2. The quantitative estimate of drug-likeness (QED) is 0.641. The van der Waals surface area contributed by atoms with E-state index in [2.05, 4.69) is 0 Å². The molecule has 1 amide bonds. The molecule has 0 aliphatic heterocycles. The van der Waals surface area contributed by atoms with Gasteiger partial charge in [0, 0.05) is 12.7 Å².